The standard InChI is InChI=1S/C10H14Br2N2O3S/c1-2-7(5-15)14-18(16,17)10-8(12)3-6(11)4-9(10)13/h3-4,7,14-15H,2,5,13H2,1H3/t7-/m0/s1. The molecule has 0 amide bonds. The summed E-state index contributed by atoms with van der Waals surface area (Å²) in [7, 11) is -3.76. The monoisotopic (exact) mass is 400 g/mol. The summed E-state index contributed by atoms with van der Waals surface area (Å²) < 4.78 is 27.8. The highest BCUT2D eigenvalue weighted by Gasteiger charge is 2.24. The van der Waals surface area contributed by atoms with Crippen LogP contribution in [-0.2, 0) is 10.0 Å². The Balaban J connectivity index is 3.21. The van der Waals surface area contributed by atoms with E-state index in [1.165, 1.54) is 6.07 Å². The van der Waals surface area contributed by atoms with Gasteiger partial charge in [0, 0.05) is 15.0 Å². The average molecular weight is 402 g/mol. The van der Waals surface area contributed by atoms with E-state index in [-0.39, 0.29) is 17.2 Å². The molecule has 0 unspecified atom stereocenters. The van der Waals surface area contributed by atoms with Crippen molar-refractivity contribution in [3.63, 3.8) is 0 Å². The number of sulfonamides is 1. The van der Waals surface area contributed by atoms with E-state index in [1.807, 2.05) is 0 Å². The van der Waals surface area contributed by atoms with Gasteiger partial charge in [-0.3, -0.25) is 0 Å². The Labute approximate surface area is 123 Å². The largest absolute Gasteiger partial charge is 0.398 e. The maximum atomic E-state index is 12.2. The van der Waals surface area contributed by atoms with E-state index >= 15 is 0 Å². The molecule has 0 aliphatic heterocycles. The van der Waals surface area contributed by atoms with Gasteiger partial charge in [0.2, 0.25) is 10.0 Å². The van der Waals surface area contributed by atoms with Gasteiger partial charge < -0.3 is 10.8 Å². The molecule has 1 aromatic carbocycles. The molecule has 0 spiro atoms. The number of aliphatic hydroxyl groups excluding tert-OH is 1. The fourth-order valence-corrected chi connectivity index (χ4v) is 4.77. The summed E-state index contributed by atoms with van der Waals surface area (Å²) in [5.74, 6) is 0. The van der Waals surface area contributed by atoms with Crippen molar-refractivity contribution in [2.45, 2.75) is 24.3 Å². The SMILES string of the molecule is CC[C@@H](CO)NS(=O)(=O)c1c(N)cc(Br)cc1Br. The molecule has 0 aliphatic rings. The number of halogens is 2. The average Bonchev–Trinajstić information content (AvgIpc) is 2.23. The van der Waals surface area contributed by atoms with Crippen molar-refractivity contribution in [1.29, 1.82) is 0 Å². The van der Waals surface area contributed by atoms with E-state index in [0.29, 0.717) is 15.4 Å². The van der Waals surface area contributed by atoms with Crippen LogP contribution in [-0.4, -0.2) is 26.2 Å². The topological polar surface area (TPSA) is 92.4 Å². The Hall–Kier alpha value is -0.150. The van der Waals surface area contributed by atoms with Crippen LogP contribution in [0, 0.1) is 0 Å². The lowest BCUT2D eigenvalue weighted by molar-refractivity contribution is 0.254. The Morgan fingerprint density at radius 3 is 2.50 bits per heavy atom. The van der Waals surface area contributed by atoms with Crippen LogP contribution in [0.5, 0.6) is 0 Å². The van der Waals surface area contributed by atoms with Crippen LogP contribution in [0.1, 0.15) is 13.3 Å². The highest BCUT2D eigenvalue weighted by Crippen LogP contribution is 2.31. The first-order chi connectivity index (χ1) is 8.31. The van der Waals surface area contributed by atoms with Crippen LogP contribution < -0.4 is 10.5 Å². The Morgan fingerprint density at radius 1 is 1.44 bits per heavy atom. The van der Waals surface area contributed by atoms with Crippen molar-refractivity contribution in [3.8, 4) is 0 Å². The molecule has 0 aliphatic carbocycles. The summed E-state index contributed by atoms with van der Waals surface area (Å²) in [4.78, 5) is -0.0161. The van der Waals surface area contributed by atoms with Crippen molar-refractivity contribution in [1.82, 2.24) is 4.72 Å². The van der Waals surface area contributed by atoms with Crippen molar-refractivity contribution in [2.24, 2.45) is 0 Å². The Kier molecular flexibility index (Phi) is 5.60. The Morgan fingerprint density at radius 2 is 2.06 bits per heavy atom. The van der Waals surface area contributed by atoms with Gasteiger partial charge >= 0.3 is 0 Å². The number of nitrogens with one attached hydrogen (secondary N) is 1. The predicted octanol–water partition coefficient (Wildman–Crippen LogP) is 1.84. The number of nitrogen functional groups attached to an aromatic ring is 1. The normalized spacial score (nSPS) is 13.6. The maximum Gasteiger partial charge on any atom is 0.244 e. The van der Waals surface area contributed by atoms with Crippen molar-refractivity contribution < 1.29 is 13.5 Å². The molecule has 1 aromatic rings. The second kappa shape index (κ2) is 6.33. The molecule has 0 radical (unpaired) electrons. The van der Waals surface area contributed by atoms with Crippen LogP contribution in [0.15, 0.2) is 26.0 Å². The summed E-state index contributed by atoms with van der Waals surface area (Å²) >= 11 is 6.40. The molecule has 8 heteroatoms. The Bertz CT molecular complexity index is 507. The summed E-state index contributed by atoms with van der Waals surface area (Å²) in [6.45, 7) is 1.52. The van der Waals surface area contributed by atoms with Crippen LogP contribution in [0.3, 0.4) is 0 Å². The molecule has 5 nitrogen and oxygen atoms in total. The number of rotatable bonds is 5. The molecule has 0 bridgehead atoms. The van der Waals surface area contributed by atoms with Gasteiger partial charge in [-0.05, 0) is 34.5 Å². The van der Waals surface area contributed by atoms with Crippen molar-refractivity contribution in [3.05, 3.63) is 21.1 Å². The number of nitrogens with two attached hydrogens (primary N) is 1. The van der Waals surface area contributed by atoms with E-state index in [4.69, 9.17) is 10.8 Å². The molecule has 0 saturated carbocycles. The van der Waals surface area contributed by atoms with Crippen LogP contribution in [0.4, 0.5) is 5.69 Å². The summed E-state index contributed by atoms with van der Waals surface area (Å²) in [6, 6.07) is 2.59. The first-order valence-corrected chi connectivity index (χ1v) is 8.26. The minimum Gasteiger partial charge on any atom is -0.398 e. The first-order valence-electron chi connectivity index (χ1n) is 5.19. The third-order valence-corrected chi connectivity index (χ3v) is 5.32. The zero-order chi connectivity index (χ0) is 13.9. The number of benzene rings is 1. The highest BCUT2D eigenvalue weighted by atomic mass is 79.9. The number of hydrogen-bond donors (Lipinski definition) is 3. The predicted molar refractivity (Wildman–Crippen MR) is 77.7 cm³/mol. The van der Waals surface area contributed by atoms with Crippen LogP contribution in [0.2, 0.25) is 0 Å². The fourth-order valence-electron chi connectivity index (χ4n) is 1.39. The van der Waals surface area contributed by atoms with E-state index in [9.17, 15) is 8.42 Å². The zero-order valence-electron chi connectivity index (χ0n) is 9.65. The molecule has 4 N–H and O–H groups in total. The smallest absolute Gasteiger partial charge is 0.244 e. The van der Waals surface area contributed by atoms with Crippen LogP contribution >= 0.6 is 31.9 Å². The van der Waals surface area contributed by atoms with Gasteiger partial charge in [0.05, 0.1) is 12.3 Å². The molecular weight excluding hydrogens is 388 g/mol. The number of anilines is 1. The minimum atomic E-state index is -3.76. The molecule has 18 heavy (non-hydrogen) atoms. The van der Waals surface area contributed by atoms with E-state index in [0.717, 1.165) is 0 Å². The van der Waals surface area contributed by atoms with Gasteiger partial charge in [-0.15, -0.1) is 0 Å². The molecule has 0 aromatic heterocycles. The van der Waals surface area contributed by atoms with Gasteiger partial charge in [-0.2, -0.15) is 0 Å². The fraction of sp³-hybridized carbons (Fsp3) is 0.400. The number of hydrogen-bond acceptors (Lipinski definition) is 4. The second-order valence-electron chi connectivity index (χ2n) is 3.71. The third-order valence-electron chi connectivity index (χ3n) is 2.34. The van der Waals surface area contributed by atoms with Gasteiger partial charge in [0.15, 0.2) is 0 Å². The minimum absolute atomic E-state index is 0.0161. The lowest BCUT2D eigenvalue weighted by Crippen LogP contribution is -2.37. The molecule has 1 rings (SSSR count). The summed E-state index contributed by atoms with van der Waals surface area (Å²) in [6.07, 6.45) is 0.490. The first kappa shape index (κ1) is 15.9. The van der Waals surface area contributed by atoms with E-state index in [2.05, 4.69) is 36.6 Å². The van der Waals surface area contributed by atoms with Gasteiger partial charge in [-0.25, -0.2) is 13.1 Å². The van der Waals surface area contributed by atoms with Gasteiger partial charge in [0.25, 0.3) is 0 Å². The molecule has 102 valence electrons. The van der Waals surface area contributed by atoms with Crippen molar-refractivity contribution in [2.75, 3.05) is 12.3 Å². The zero-order valence-corrected chi connectivity index (χ0v) is 13.6. The summed E-state index contributed by atoms with van der Waals surface area (Å²) in [5.41, 5.74) is 5.86. The lowest BCUT2D eigenvalue weighted by Gasteiger charge is -2.16. The van der Waals surface area contributed by atoms with E-state index < -0.39 is 16.1 Å². The van der Waals surface area contributed by atoms with Gasteiger partial charge in [-0.1, -0.05) is 22.9 Å². The van der Waals surface area contributed by atoms with Crippen LogP contribution in [0.25, 0.3) is 0 Å². The highest BCUT2D eigenvalue weighted by molar-refractivity contribution is 9.11. The molecule has 1 atom stereocenters. The van der Waals surface area contributed by atoms with Crippen molar-refractivity contribution >= 4 is 47.6 Å². The molecule has 0 heterocycles. The summed E-state index contributed by atoms with van der Waals surface area (Å²) in [5, 5.41) is 9.04. The lowest BCUT2D eigenvalue weighted by atomic mass is 10.3. The number of aliphatic hydroxyl groups is 1. The quantitative estimate of drug-likeness (QED) is 0.656. The maximum absolute atomic E-state index is 12.2. The molecule has 0 saturated heterocycles. The van der Waals surface area contributed by atoms with Gasteiger partial charge in [0.1, 0.15) is 4.90 Å². The third kappa shape index (κ3) is 3.67. The molecular formula is C10H14Br2N2O3S. The second-order valence-corrected chi connectivity index (χ2v) is 7.14. The molecule has 0 fully saturated rings. The van der Waals surface area contributed by atoms with E-state index in [1.54, 1.807) is 13.0 Å².